The van der Waals surface area contributed by atoms with Crippen molar-refractivity contribution in [2.24, 2.45) is 0 Å². The number of pyridine rings is 1. The molecule has 0 saturated heterocycles. The number of hydrogen-bond acceptors (Lipinski definition) is 3. The van der Waals surface area contributed by atoms with Crippen molar-refractivity contribution in [3.05, 3.63) is 59.9 Å². The van der Waals surface area contributed by atoms with Gasteiger partial charge in [-0.25, -0.2) is 0 Å². The van der Waals surface area contributed by atoms with Gasteiger partial charge in [0.15, 0.2) is 0 Å². The molecule has 0 radical (unpaired) electrons. The number of nitrogens with zero attached hydrogens (tertiary/aromatic N) is 2. The molecule has 2 rings (SSSR count). The Hall–Kier alpha value is -2.41. The van der Waals surface area contributed by atoms with E-state index in [4.69, 9.17) is 0 Å². The molecule has 0 bridgehead atoms. The van der Waals surface area contributed by atoms with Gasteiger partial charge < -0.3 is 5.32 Å². The highest BCUT2D eigenvalue weighted by Crippen LogP contribution is 2.30. The van der Waals surface area contributed by atoms with Gasteiger partial charge in [0.05, 0.1) is 12.1 Å². The van der Waals surface area contributed by atoms with E-state index >= 15 is 0 Å². The second-order valence-electron chi connectivity index (χ2n) is 5.44. The minimum atomic E-state index is -4.43. The monoisotopic (exact) mass is 337 g/mol. The number of carbonyl (C=O) groups excluding carboxylic acids is 1. The van der Waals surface area contributed by atoms with Crippen molar-refractivity contribution in [1.29, 1.82) is 0 Å². The highest BCUT2D eigenvalue weighted by atomic mass is 19.4. The maximum Gasteiger partial charge on any atom is 0.416 e. The first-order chi connectivity index (χ1) is 11.3. The van der Waals surface area contributed by atoms with E-state index in [2.05, 4.69) is 10.3 Å². The van der Waals surface area contributed by atoms with Crippen molar-refractivity contribution in [1.82, 2.24) is 9.88 Å². The minimum absolute atomic E-state index is 0.0864. The summed E-state index contributed by atoms with van der Waals surface area (Å²) >= 11 is 0. The number of alkyl halides is 3. The average Bonchev–Trinajstić information content (AvgIpc) is 2.53. The van der Waals surface area contributed by atoms with Gasteiger partial charge in [0.1, 0.15) is 0 Å². The Kier molecular flexibility index (Phi) is 5.92. The Balaban J connectivity index is 1.84. The van der Waals surface area contributed by atoms with Crippen molar-refractivity contribution in [3.63, 3.8) is 0 Å². The molecular formula is C17H18F3N3O. The first-order valence-corrected chi connectivity index (χ1v) is 7.40. The van der Waals surface area contributed by atoms with Gasteiger partial charge in [0, 0.05) is 30.5 Å². The molecule has 0 aliphatic heterocycles. The van der Waals surface area contributed by atoms with Crippen LogP contribution in [0.25, 0.3) is 0 Å². The van der Waals surface area contributed by atoms with Gasteiger partial charge in [-0.2, -0.15) is 13.2 Å². The van der Waals surface area contributed by atoms with Gasteiger partial charge in [-0.3, -0.25) is 14.7 Å². The Labute approximate surface area is 138 Å². The van der Waals surface area contributed by atoms with Gasteiger partial charge in [-0.1, -0.05) is 12.1 Å². The van der Waals surface area contributed by atoms with Crippen LogP contribution in [0, 0.1) is 0 Å². The number of anilines is 1. The van der Waals surface area contributed by atoms with Crippen molar-refractivity contribution in [2.75, 3.05) is 25.5 Å². The lowest BCUT2D eigenvalue weighted by Gasteiger charge is -2.16. The summed E-state index contributed by atoms with van der Waals surface area (Å²) in [6, 6.07) is 10.2. The van der Waals surface area contributed by atoms with Crippen LogP contribution in [0.5, 0.6) is 0 Å². The molecule has 128 valence electrons. The van der Waals surface area contributed by atoms with Crippen LogP contribution in [0.4, 0.5) is 18.9 Å². The summed E-state index contributed by atoms with van der Waals surface area (Å²) in [4.78, 5) is 17.9. The van der Waals surface area contributed by atoms with Crippen molar-refractivity contribution in [3.8, 4) is 0 Å². The van der Waals surface area contributed by atoms with Crippen LogP contribution in [0.15, 0.2) is 48.7 Å². The molecule has 0 atom stereocenters. The second kappa shape index (κ2) is 7.92. The van der Waals surface area contributed by atoms with Crippen LogP contribution < -0.4 is 5.32 Å². The second-order valence-corrected chi connectivity index (χ2v) is 5.44. The van der Waals surface area contributed by atoms with Crippen LogP contribution in [0.2, 0.25) is 0 Å². The molecule has 1 amide bonds. The molecule has 0 aliphatic carbocycles. The van der Waals surface area contributed by atoms with Gasteiger partial charge in [-0.05, 0) is 37.4 Å². The summed E-state index contributed by atoms with van der Waals surface area (Å²) in [6.07, 6.45) is -2.04. The summed E-state index contributed by atoms with van der Waals surface area (Å²) in [5.74, 6) is -0.363. The highest BCUT2D eigenvalue weighted by molar-refractivity contribution is 5.92. The number of hydrogen-bond donors (Lipinski definition) is 1. The maximum atomic E-state index is 12.7. The molecule has 4 nitrogen and oxygen atoms in total. The summed E-state index contributed by atoms with van der Waals surface area (Å²) < 4.78 is 38.0. The van der Waals surface area contributed by atoms with Gasteiger partial charge in [-0.15, -0.1) is 0 Å². The fraction of sp³-hybridized carbons (Fsp3) is 0.294. The molecule has 2 aromatic rings. The van der Waals surface area contributed by atoms with Crippen LogP contribution in [-0.2, 0) is 17.4 Å². The van der Waals surface area contributed by atoms with E-state index in [1.54, 1.807) is 18.1 Å². The number of likely N-dealkylation sites (N-methyl/N-ethyl adjacent to an activating group) is 1. The lowest BCUT2D eigenvalue weighted by Crippen LogP contribution is -2.31. The number of rotatable bonds is 6. The summed E-state index contributed by atoms with van der Waals surface area (Å²) in [5, 5.41) is 2.49. The van der Waals surface area contributed by atoms with Gasteiger partial charge in [0.25, 0.3) is 0 Å². The molecule has 1 N–H and O–H groups in total. The van der Waals surface area contributed by atoms with E-state index in [0.29, 0.717) is 13.0 Å². The zero-order valence-electron chi connectivity index (χ0n) is 13.2. The van der Waals surface area contributed by atoms with Crippen LogP contribution in [0.3, 0.4) is 0 Å². The third-order valence-corrected chi connectivity index (χ3v) is 3.36. The van der Waals surface area contributed by atoms with E-state index in [1.807, 2.05) is 18.2 Å². The molecule has 0 fully saturated rings. The number of benzene rings is 1. The number of nitrogens with one attached hydrogen (secondary N) is 1. The quantitative estimate of drug-likeness (QED) is 0.880. The summed E-state index contributed by atoms with van der Waals surface area (Å²) in [6.45, 7) is 0.704. The van der Waals surface area contributed by atoms with E-state index in [1.165, 1.54) is 12.1 Å². The topological polar surface area (TPSA) is 45.2 Å². The third kappa shape index (κ3) is 5.66. The number of carbonyl (C=O) groups is 1. The molecule has 1 aromatic heterocycles. The zero-order valence-corrected chi connectivity index (χ0v) is 13.2. The van der Waals surface area contributed by atoms with Gasteiger partial charge in [0.2, 0.25) is 5.91 Å². The maximum absolute atomic E-state index is 12.7. The largest absolute Gasteiger partial charge is 0.416 e. The van der Waals surface area contributed by atoms with E-state index in [0.717, 1.165) is 17.8 Å². The zero-order chi connectivity index (χ0) is 17.6. The fourth-order valence-corrected chi connectivity index (χ4v) is 2.15. The fourth-order valence-electron chi connectivity index (χ4n) is 2.15. The molecule has 0 unspecified atom stereocenters. The SMILES string of the molecule is CN(CCc1ccccn1)CC(=O)Nc1cccc(C(F)(F)F)c1. The molecule has 24 heavy (non-hydrogen) atoms. The summed E-state index contributed by atoms with van der Waals surface area (Å²) in [5.41, 5.74) is 0.263. The first kappa shape index (κ1) is 17.9. The van der Waals surface area contributed by atoms with E-state index in [9.17, 15) is 18.0 Å². The number of halogens is 3. The predicted molar refractivity (Wildman–Crippen MR) is 85.5 cm³/mol. The normalized spacial score (nSPS) is 11.5. The molecule has 0 spiro atoms. The Morgan fingerprint density at radius 1 is 1.21 bits per heavy atom. The summed E-state index contributed by atoms with van der Waals surface area (Å²) in [7, 11) is 1.77. The van der Waals surface area contributed by atoms with E-state index < -0.39 is 11.7 Å². The van der Waals surface area contributed by atoms with Crippen LogP contribution in [-0.4, -0.2) is 35.9 Å². The third-order valence-electron chi connectivity index (χ3n) is 3.36. The molecule has 7 heteroatoms. The molecular weight excluding hydrogens is 319 g/mol. The number of aromatic nitrogens is 1. The molecule has 1 aromatic carbocycles. The van der Waals surface area contributed by atoms with Crippen molar-refractivity contribution in [2.45, 2.75) is 12.6 Å². The Bertz CT molecular complexity index is 674. The van der Waals surface area contributed by atoms with Crippen LogP contribution >= 0.6 is 0 Å². The lowest BCUT2D eigenvalue weighted by atomic mass is 10.2. The van der Waals surface area contributed by atoms with Crippen molar-refractivity contribution >= 4 is 11.6 Å². The number of amides is 1. The Morgan fingerprint density at radius 2 is 2.00 bits per heavy atom. The first-order valence-electron chi connectivity index (χ1n) is 7.40. The smallest absolute Gasteiger partial charge is 0.325 e. The molecule has 1 heterocycles. The highest BCUT2D eigenvalue weighted by Gasteiger charge is 2.30. The standard InChI is InChI=1S/C17H18F3N3O/c1-23(10-8-14-6-2-3-9-21-14)12-16(24)22-15-7-4-5-13(11-15)17(18,19)20/h2-7,9,11H,8,10,12H2,1H3,(H,22,24). The lowest BCUT2D eigenvalue weighted by molar-refractivity contribution is -0.137. The molecule has 0 saturated carbocycles. The average molecular weight is 337 g/mol. The predicted octanol–water partition coefficient (Wildman–Crippen LogP) is 3.21. The van der Waals surface area contributed by atoms with E-state index in [-0.39, 0.29) is 18.1 Å². The van der Waals surface area contributed by atoms with Crippen LogP contribution in [0.1, 0.15) is 11.3 Å². The van der Waals surface area contributed by atoms with Crippen molar-refractivity contribution < 1.29 is 18.0 Å². The molecule has 0 aliphatic rings. The van der Waals surface area contributed by atoms with Gasteiger partial charge >= 0.3 is 6.18 Å². The minimum Gasteiger partial charge on any atom is -0.325 e. The Morgan fingerprint density at radius 3 is 2.67 bits per heavy atom.